The summed E-state index contributed by atoms with van der Waals surface area (Å²) in [5.74, 6) is 0.954. The molecule has 0 spiro atoms. The number of amides is 2. The van der Waals surface area contributed by atoms with Gasteiger partial charge in [0.2, 0.25) is 11.8 Å². The molecule has 3 heterocycles. The number of hydrogen-bond donors (Lipinski definition) is 0. The molecular weight excluding hydrogens is 332 g/mol. The van der Waals surface area contributed by atoms with Crippen molar-refractivity contribution in [2.45, 2.75) is 19.3 Å². The first-order valence-corrected chi connectivity index (χ1v) is 9.58. The highest BCUT2D eigenvalue weighted by Crippen LogP contribution is 2.29. The quantitative estimate of drug-likeness (QED) is 0.800. The molecule has 0 radical (unpaired) electrons. The van der Waals surface area contributed by atoms with E-state index < -0.39 is 0 Å². The Kier molecular flexibility index (Phi) is 5.11. The van der Waals surface area contributed by atoms with Crippen molar-refractivity contribution in [3.63, 3.8) is 0 Å². The van der Waals surface area contributed by atoms with Gasteiger partial charge in [0.25, 0.3) is 0 Å². The third-order valence-corrected chi connectivity index (χ3v) is 5.63. The molecule has 2 saturated heterocycles. The second kappa shape index (κ2) is 7.66. The minimum absolute atomic E-state index is 0.0809. The summed E-state index contributed by atoms with van der Waals surface area (Å²) in [7, 11) is 0. The SMILES string of the molecule is O=C(C1CCCN(C(=O)C2COc3ccccc3C2)C1)N1CCOCC1. The molecule has 0 aliphatic carbocycles. The van der Waals surface area contributed by atoms with Crippen molar-refractivity contribution in [3.05, 3.63) is 29.8 Å². The highest BCUT2D eigenvalue weighted by Gasteiger charge is 2.35. The summed E-state index contributed by atoms with van der Waals surface area (Å²) in [5, 5.41) is 0. The van der Waals surface area contributed by atoms with Crippen LogP contribution in [0, 0.1) is 11.8 Å². The molecule has 3 aliphatic rings. The Morgan fingerprint density at radius 1 is 0.962 bits per heavy atom. The number of fused-ring (bicyclic) bond motifs is 1. The number of para-hydroxylation sites is 1. The van der Waals surface area contributed by atoms with E-state index in [-0.39, 0.29) is 23.7 Å². The summed E-state index contributed by atoms with van der Waals surface area (Å²) in [5.41, 5.74) is 1.09. The van der Waals surface area contributed by atoms with Gasteiger partial charge in [0.05, 0.1) is 25.0 Å². The molecule has 0 N–H and O–H groups in total. The first-order valence-electron chi connectivity index (χ1n) is 9.58. The van der Waals surface area contributed by atoms with Crippen molar-refractivity contribution in [2.24, 2.45) is 11.8 Å². The Bertz CT molecular complexity index is 672. The van der Waals surface area contributed by atoms with Crippen LogP contribution in [-0.4, -0.2) is 67.6 Å². The topological polar surface area (TPSA) is 59.1 Å². The van der Waals surface area contributed by atoms with Gasteiger partial charge in [-0.2, -0.15) is 0 Å². The number of hydrogen-bond acceptors (Lipinski definition) is 4. The Morgan fingerprint density at radius 3 is 2.58 bits per heavy atom. The van der Waals surface area contributed by atoms with Crippen molar-refractivity contribution >= 4 is 11.8 Å². The molecule has 2 unspecified atom stereocenters. The molecule has 2 amide bonds. The van der Waals surface area contributed by atoms with Crippen LogP contribution in [0.3, 0.4) is 0 Å². The molecule has 26 heavy (non-hydrogen) atoms. The average Bonchev–Trinajstić information content (AvgIpc) is 2.73. The van der Waals surface area contributed by atoms with Crippen LogP contribution >= 0.6 is 0 Å². The van der Waals surface area contributed by atoms with Gasteiger partial charge in [-0.1, -0.05) is 18.2 Å². The van der Waals surface area contributed by atoms with Crippen molar-refractivity contribution in [1.82, 2.24) is 9.80 Å². The molecule has 2 atom stereocenters. The number of nitrogens with zero attached hydrogens (tertiary/aromatic N) is 2. The lowest BCUT2D eigenvalue weighted by Crippen LogP contribution is -2.51. The monoisotopic (exact) mass is 358 g/mol. The van der Waals surface area contributed by atoms with Gasteiger partial charge in [-0.25, -0.2) is 0 Å². The fraction of sp³-hybridized carbons (Fsp3) is 0.600. The van der Waals surface area contributed by atoms with E-state index in [4.69, 9.17) is 9.47 Å². The molecule has 140 valence electrons. The number of morpholine rings is 1. The third-order valence-electron chi connectivity index (χ3n) is 5.63. The third kappa shape index (κ3) is 3.56. The average molecular weight is 358 g/mol. The predicted octanol–water partition coefficient (Wildman–Crippen LogP) is 1.34. The summed E-state index contributed by atoms with van der Waals surface area (Å²) in [4.78, 5) is 29.6. The number of rotatable bonds is 2. The number of benzene rings is 1. The molecule has 0 bridgehead atoms. The van der Waals surface area contributed by atoms with Crippen molar-refractivity contribution in [1.29, 1.82) is 0 Å². The molecule has 4 rings (SSSR count). The summed E-state index contributed by atoms with van der Waals surface area (Å²) >= 11 is 0. The minimum atomic E-state index is -0.151. The van der Waals surface area contributed by atoms with Crippen LogP contribution < -0.4 is 4.74 Å². The van der Waals surface area contributed by atoms with E-state index in [1.165, 1.54) is 0 Å². The lowest BCUT2D eigenvalue weighted by Gasteiger charge is -2.38. The normalized spacial score (nSPS) is 26.0. The Labute approximate surface area is 154 Å². The highest BCUT2D eigenvalue weighted by molar-refractivity contribution is 5.83. The molecule has 2 fully saturated rings. The van der Waals surface area contributed by atoms with Crippen LogP contribution in [0.5, 0.6) is 5.75 Å². The largest absolute Gasteiger partial charge is 0.492 e. The standard InChI is InChI=1S/C20H26N2O4/c23-19(21-8-10-25-11-9-21)16-5-3-7-22(13-16)20(24)17-12-15-4-1-2-6-18(15)26-14-17/h1-2,4,6,16-17H,3,5,7-14H2. The Hall–Kier alpha value is -2.08. The van der Waals surface area contributed by atoms with Gasteiger partial charge >= 0.3 is 0 Å². The van der Waals surface area contributed by atoms with Gasteiger partial charge in [0.15, 0.2) is 0 Å². The van der Waals surface area contributed by atoms with Gasteiger partial charge in [-0.05, 0) is 30.9 Å². The van der Waals surface area contributed by atoms with Gasteiger partial charge < -0.3 is 19.3 Å². The lowest BCUT2D eigenvalue weighted by atomic mass is 9.92. The van der Waals surface area contributed by atoms with E-state index in [2.05, 4.69) is 0 Å². The van der Waals surface area contributed by atoms with E-state index in [0.717, 1.165) is 30.7 Å². The van der Waals surface area contributed by atoms with E-state index in [9.17, 15) is 9.59 Å². The van der Waals surface area contributed by atoms with Crippen molar-refractivity contribution < 1.29 is 19.1 Å². The molecule has 6 heteroatoms. The van der Waals surface area contributed by atoms with Crippen molar-refractivity contribution in [3.8, 4) is 5.75 Å². The molecule has 1 aromatic rings. The lowest BCUT2D eigenvalue weighted by molar-refractivity contribution is -0.145. The summed E-state index contributed by atoms with van der Waals surface area (Å²) in [6, 6.07) is 7.91. The van der Waals surface area contributed by atoms with Gasteiger partial charge in [0.1, 0.15) is 12.4 Å². The van der Waals surface area contributed by atoms with E-state index in [0.29, 0.717) is 45.9 Å². The maximum absolute atomic E-state index is 13.0. The summed E-state index contributed by atoms with van der Waals surface area (Å²) in [6.07, 6.45) is 2.47. The zero-order valence-electron chi connectivity index (χ0n) is 15.1. The minimum Gasteiger partial charge on any atom is -0.492 e. The number of carbonyl (C=O) groups is 2. The van der Waals surface area contributed by atoms with Gasteiger partial charge in [0, 0.05) is 26.2 Å². The number of carbonyl (C=O) groups excluding carboxylic acids is 2. The van der Waals surface area contributed by atoms with Crippen LogP contribution in [-0.2, 0) is 20.7 Å². The van der Waals surface area contributed by atoms with E-state index in [1.807, 2.05) is 34.1 Å². The number of ether oxygens (including phenoxy) is 2. The highest BCUT2D eigenvalue weighted by atomic mass is 16.5. The second-order valence-corrected chi connectivity index (χ2v) is 7.38. The smallest absolute Gasteiger partial charge is 0.229 e. The molecule has 0 saturated carbocycles. The zero-order valence-corrected chi connectivity index (χ0v) is 15.1. The van der Waals surface area contributed by atoms with Crippen molar-refractivity contribution in [2.75, 3.05) is 46.0 Å². The first kappa shape index (κ1) is 17.3. The predicted molar refractivity (Wildman–Crippen MR) is 95.8 cm³/mol. The summed E-state index contributed by atoms with van der Waals surface area (Å²) < 4.78 is 11.1. The van der Waals surface area contributed by atoms with E-state index in [1.54, 1.807) is 0 Å². The van der Waals surface area contributed by atoms with Crippen LogP contribution in [0.1, 0.15) is 18.4 Å². The van der Waals surface area contributed by atoms with Gasteiger partial charge in [-0.3, -0.25) is 9.59 Å². The van der Waals surface area contributed by atoms with E-state index >= 15 is 0 Å². The maximum Gasteiger partial charge on any atom is 0.229 e. The fourth-order valence-corrected chi connectivity index (χ4v) is 4.17. The number of likely N-dealkylation sites (tertiary alicyclic amines) is 1. The Balaban J connectivity index is 1.38. The zero-order chi connectivity index (χ0) is 17.9. The molecule has 0 aromatic heterocycles. The fourth-order valence-electron chi connectivity index (χ4n) is 4.17. The van der Waals surface area contributed by atoms with Crippen LogP contribution in [0.2, 0.25) is 0 Å². The van der Waals surface area contributed by atoms with Crippen LogP contribution in [0.15, 0.2) is 24.3 Å². The molecule has 1 aromatic carbocycles. The Morgan fingerprint density at radius 2 is 1.73 bits per heavy atom. The first-order chi connectivity index (χ1) is 12.7. The van der Waals surface area contributed by atoms with Gasteiger partial charge in [-0.15, -0.1) is 0 Å². The molecule has 3 aliphatic heterocycles. The number of piperidine rings is 1. The molecule has 6 nitrogen and oxygen atoms in total. The summed E-state index contributed by atoms with van der Waals surface area (Å²) in [6.45, 7) is 4.25. The second-order valence-electron chi connectivity index (χ2n) is 7.38. The maximum atomic E-state index is 13.0. The molecular formula is C20H26N2O4. The van der Waals surface area contributed by atoms with Crippen LogP contribution in [0.4, 0.5) is 0 Å². The van der Waals surface area contributed by atoms with Crippen LogP contribution in [0.25, 0.3) is 0 Å².